The van der Waals surface area contributed by atoms with Crippen molar-refractivity contribution in [3.05, 3.63) is 29.1 Å². The van der Waals surface area contributed by atoms with Gasteiger partial charge in [-0.15, -0.1) is 0 Å². The standard InChI is InChI=1S/C18H24FNO2/c1-3-7-18-8-5-4-6-12(17(18)20-21)9-14-15(18)10-13(22-2)11-16(14)19/h10-12,21H,3-9H2,1-2H3/b20-17-. The van der Waals surface area contributed by atoms with Crippen LogP contribution in [0.4, 0.5) is 4.39 Å². The Morgan fingerprint density at radius 2 is 2.23 bits per heavy atom. The van der Waals surface area contributed by atoms with Gasteiger partial charge in [0.25, 0.3) is 0 Å². The van der Waals surface area contributed by atoms with E-state index in [0.29, 0.717) is 12.2 Å². The van der Waals surface area contributed by atoms with E-state index in [-0.39, 0.29) is 17.2 Å². The van der Waals surface area contributed by atoms with Gasteiger partial charge in [-0.3, -0.25) is 0 Å². The maximum atomic E-state index is 14.6. The lowest BCUT2D eigenvalue weighted by Crippen LogP contribution is -2.44. The molecule has 2 unspecified atom stereocenters. The summed E-state index contributed by atoms with van der Waals surface area (Å²) in [5, 5.41) is 13.4. The van der Waals surface area contributed by atoms with Crippen molar-refractivity contribution in [2.45, 2.75) is 57.3 Å². The van der Waals surface area contributed by atoms with E-state index in [4.69, 9.17) is 4.74 Å². The summed E-state index contributed by atoms with van der Waals surface area (Å²) in [7, 11) is 1.56. The van der Waals surface area contributed by atoms with Crippen LogP contribution < -0.4 is 4.74 Å². The molecule has 1 fully saturated rings. The van der Waals surface area contributed by atoms with Crippen LogP contribution in [0.2, 0.25) is 0 Å². The number of hydrogen-bond donors (Lipinski definition) is 1. The summed E-state index contributed by atoms with van der Waals surface area (Å²) in [5.41, 5.74) is 2.32. The molecule has 1 aromatic rings. The van der Waals surface area contributed by atoms with E-state index in [1.165, 1.54) is 6.07 Å². The minimum atomic E-state index is -0.326. The van der Waals surface area contributed by atoms with Crippen LogP contribution in [0.1, 0.15) is 56.6 Å². The van der Waals surface area contributed by atoms with E-state index in [1.54, 1.807) is 7.11 Å². The molecular weight excluding hydrogens is 281 g/mol. The predicted octanol–water partition coefficient (Wildman–Crippen LogP) is 4.45. The second kappa shape index (κ2) is 5.90. The molecule has 0 heterocycles. The third kappa shape index (κ3) is 2.20. The van der Waals surface area contributed by atoms with Crippen molar-refractivity contribution in [1.82, 2.24) is 0 Å². The third-order valence-electron chi connectivity index (χ3n) is 5.44. The molecule has 1 aromatic carbocycles. The molecule has 0 spiro atoms. The van der Waals surface area contributed by atoms with Crippen molar-refractivity contribution in [2.75, 3.05) is 7.11 Å². The largest absolute Gasteiger partial charge is 0.497 e. The van der Waals surface area contributed by atoms with Crippen molar-refractivity contribution in [3.8, 4) is 5.75 Å². The summed E-state index contributed by atoms with van der Waals surface area (Å²) in [6.45, 7) is 2.13. The average Bonchev–Trinajstić information content (AvgIpc) is 2.64. The SMILES string of the molecule is CCCC12CCCCC(Cc3c(F)cc(OC)cc31)/C2=N/O. The second-order valence-electron chi connectivity index (χ2n) is 6.60. The molecule has 0 radical (unpaired) electrons. The normalized spacial score (nSPS) is 29.0. The number of nitrogens with zero attached hydrogens (tertiary/aromatic N) is 1. The number of ether oxygens (including phenoxy) is 1. The Labute approximate surface area is 131 Å². The molecule has 2 aliphatic carbocycles. The molecule has 1 N–H and O–H groups in total. The van der Waals surface area contributed by atoms with Crippen LogP contribution >= 0.6 is 0 Å². The van der Waals surface area contributed by atoms with E-state index in [1.807, 2.05) is 6.07 Å². The molecule has 3 rings (SSSR count). The fraction of sp³-hybridized carbons (Fsp3) is 0.611. The molecule has 0 saturated heterocycles. The maximum absolute atomic E-state index is 14.6. The molecule has 120 valence electrons. The average molecular weight is 305 g/mol. The third-order valence-corrected chi connectivity index (χ3v) is 5.44. The first-order chi connectivity index (χ1) is 10.7. The van der Waals surface area contributed by atoms with Crippen molar-refractivity contribution in [3.63, 3.8) is 0 Å². The fourth-order valence-corrected chi connectivity index (χ4v) is 4.55. The molecule has 0 aromatic heterocycles. The van der Waals surface area contributed by atoms with E-state index < -0.39 is 0 Å². The first-order valence-corrected chi connectivity index (χ1v) is 8.25. The molecule has 0 amide bonds. The van der Waals surface area contributed by atoms with E-state index in [2.05, 4.69) is 12.1 Å². The van der Waals surface area contributed by atoms with Gasteiger partial charge in [0, 0.05) is 17.4 Å². The Morgan fingerprint density at radius 1 is 1.41 bits per heavy atom. The topological polar surface area (TPSA) is 41.8 Å². The molecule has 0 aliphatic heterocycles. The van der Waals surface area contributed by atoms with E-state index in [9.17, 15) is 9.60 Å². The van der Waals surface area contributed by atoms with Crippen LogP contribution in [0, 0.1) is 11.7 Å². The van der Waals surface area contributed by atoms with Crippen molar-refractivity contribution >= 4 is 5.71 Å². The Kier molecular flexibility index (Phi) is 4.11. The van der Waals surface area contributed by atoms with Crippen LogP contribution in [0.5, 0.6) is 5.75 Å². The quantitative estimate of drug-likeness (QED) is 0.662. The van der Waals surface area contributed by atoms with Crippen molar-refractivity contribution in [1.29, 1.82) is 0 Å². The van der Waals surface area contributed by atoms with Gasteiger partial charge in [-0.25, -0.2) is 4.39 Å². The van der Waals surface area contributed by atoms with Crippen LogP contribution in [-0.4, -0.2) is 18.0 Å². The molecule has 1 saturated carbocycles. The highest BCUT2D eigenvalue weighted by Crippen LogP contribution is 2.49. The van der Waals surface area contributed by atoms with Gasteiger partial charge in [-0.1, -0.05) is 31.3 Å². The summed E-state index contributed by atoms with van der Waals surface area (Å²) in [4.78, 5) is 0. The number of halogens is 1. The monoisotopic (exact) mass is 305 g/mol. The molecular formula is C18H24FNO2. The first-order valence-electron chi connectivity index (χ1n) is 8.25. The zero-order valence-corrected chi connectivity index (χ0v) is 13.4. The van der Waals surface area contributed by atoms with Gasteiger partial charge in [0.1, 0.15) is 11.6 Å². The van der Waals surface area contributed by atoms with Crippen LogP contribution in [-0.2, 0) is 11.8 Å². The minimum Gasteiger partial charge on any atom is -0.497 e. The number of fused-ring (bicyclic) bond motifs is 4. The van der Waals surface area contributed by atoms with Crippen LogP contribution in [0.25, 0.3) is 0 Å². The van der Waals surface area contributed by atoms with Crippen LogP contribution in [0.15, 0.2) is 17.3 Å². The maximum Gasteiger partial charge on any atom is 0.130 e. The lowest BCUT2D eigenvalue weighted by Gasteiger charge is -2.42. The number of benzene rings is 1. The highest BCUT2D eigenvalue weighted by atomic mass is 19.1. The van der Waals surface area contributed by atoms with Gasteiger partial charge < -0.3 is 9.94 Å². The Morgan fingerprint density at radius 3 is 2.91 bits per heavy atom. The Balaban J connectivity index is 2.26. The predicted molar refractivity (Wildman–Crippen MR) is 84.4 cm³/mol. The Hall–Kier alpha value is -1.58. The molecule has 3 nitrogen and oxygen atoms in total. The summed E-state index contributed by atoms with van der Waals surface area (Å²) in [6.07, 6.45) is 6.62. The van der Waals surface area contributed by atoms with E-state index >= 15 is 0 Å². The summed E-state index contributed by atoms with van der Waals surface area (Å²) < 4.78 is 19.9. The van der Waals surface area contributed by atoms with Gasteiger partial charge in [-0.2, -0.15) is 0 Å². The van der Waals surface area contributed by atoms with Gasteiger partial charge in [0.2, 0.25) is 0 Å². The van der Waals surface area contributed by atoms with Crippen molar-refractivity contribution < 1.29 is 14.3 Å². The molecule has 4 heteroatoms. The minimum absolute atomic E-state index is 0.162. The second-order valence-corrected chi connectivity index (χ2v) is 6.60. The fourth-order valence-electron chi connectivity index (χ4n) is 4.55. The first kappa shape index (κ1) is 15.3. The summed E-state index contributed by atoms with van der Waals surface area (Å²) >= 11 is 0. The summed E-state index contributed by atoms with van der Waals surface area (Å²) in [6, 6.07) is 3.44. The van der Waals surface area contributed by atoms with Gasteiger partial charge in [-0.05, 0) is 42.9 Å². The molecule has 2 aliphatic rings. The highest BCUT2D eigenvalue weighted by Gasteiger charge is 2.47. The smallest absolute Gasteiger partial charge is 0.130 e. The number of methoxy groups -OCH3 is 1. The lowest BCUT2D eigenvalue weighted by atomic mass is 9.61. The van der Waals surface area contributed by atoms with Crippen LogP contribution in [0.3, 0.4) is 0 Å². The zero-order chi connectivity index (χ0) is 15.7. The molecule has 22 heavy (non-hydrogen) atoms. The van der Waals surface area contributed by atoms with E-state index in [0.717, 1.165) is 55.4 Å². The highest BCUT2D eigenvalue weighted by molar-refractivity contribution is 5.98. The van der Waals surface area contributed by atoms with Gasteiger partial charge in [0.15, 0.2) is 0 Å². The van der Waals surface area contributed by atoms with Crippen molar-refractivity contribution in [2.24, 2.45) is 11.1 Å². The Bertz CT molecular complexity index is 599. The molecule has 2 bridgehead atoms. The lowest BCUT2D eigenvalue weighted by molar-refractivity contribution is 0.299. The number of oxime groups is 1. The van der Waals surface area contributed by atoms with Gasteiger partial charge in [0.05, 0.1) is 12.8 Å². The number of rotatable bonds is 3. The van der Waals surface area contributed by atoms with Gasteiger partial charge >= 0.3 is 0 Å². The zero-order valence-electron chi connectivity index (χ0n) is 13.4. The summed E-state index contributed by atoms with van der Waals surface area (Å²) in [5.74, 6) is 0.528. The molecule has 2 atom stereocenters. The number of hydrogen-bond acceptors (Lipinski definition) is 3.